The van der Waals surface area contributed by atoms with Crippen molar-refractivity contribution in [3.63, 3.8) is 0 Å². The molecule has 0 N–H and O–H groups in total. The molecule has 4 fully saturated rings. The minimum atomic E-state index is -0.608. The van der Waals surface area contributed by atoms with E-state index in [1.165, 1.54) is 10.8 Å². The molecule has 4 aliphatic rings. The second-order valence-electron chi connectivity index (χ2n) is 30.8. The molecule has 0 unspecified atom stereocenters. The molecular formula is C82H82B4Br2N6O8. The number of halogens is 2. The van der Waals surface area contributed by atoms with Gasteiger partial charge in [-0.25, -0.2) is 29.9 Å². The number of fused-ring (bicyclic) bond motifs is 4. The second kappa shape index (κ2) is 26.7. The number of hydrogen-bond acceptors (Lipinski definition) is 14. The van der Waals surface area contributed by atoms with Crippen LogP contribution in [0.4, 0.5) is 0 Å². The summed E-state index contributed by atoms with van der Waals surface area (Å²) in [5.74, 6) is 3.63. The lowest BCUT2D eigenvalue weighted by Gasteiger charge is -2.32. The first kappa shape index (κ1) is 71.2. The molecule has 12 aromatic rings. The molecule has 4 aliphatic heterocycles. The lowest BCUT2D eigenvalue weighted by atomic mass is 9.49. The number of rotatable bonds is 9. The molecule has 0 spiro atoms. The standard InChI is InChI=1S/C41H41B2N3O4.C29H17Br2N3.C12H24B2O4/c1-38(2)39(3,4)48-42(47-38)33-23-32(24-34(25-33)43-49-40(5,6)41(7,8)50-43)37-45-35(30-19-17-26-13-9-11-15-28(26)21-30)44-36(46-37)31-20-18-27-14-10-12-16-29(27)22-31;30-25-15-24(16-26(31)17-25)29-33-27(22-11-9-18-5-1-3-7-20(18)13-22)32-28(34-29)23-12-10-19-6-2-4-8-21(19)14-23;1-9(2)10(3,4)16-13(15-9)14-17-11(5,6)12(7,8)18-14/h9-25H,1-8H3;1-17H;1-8H3. The maximum Gasteiger partial charge on any atom is 0.494 e. The highest BCUT2D eigenvalue weighted by Gasteiger charge is 2.64. The van der Waals surface area contributed by atoms with E-state index < -0.39 is 50.7 Å². The van der Waals surface area contributed by atoms with Crippen LogP contribution in [0.1, 0.15) is 111 Å². The van der Waals surface area contributed by atoms with E-state index >= 15 is 0 Å². The molecule has 0 atom stereocenters. The average Bonchev–Trinajstić information content (AvgIpc) is 1.54. The van der Waals surface area contributed by atoms with E-state index in [9.17, 15) is 0 Å². The molecule has 0 radical (unpaired) electrons. The molecule has 16 rings (SSSR count). The van der Waals surface area contributed by atoms with E-state index in [1.807, 2.05) is 122 Å². The van der Waals surface area contributed by atoms with Gasteiger partial charge in [0.25, 0.3) is 0 Å². The smallest absolute Gasteiger partial charge is 0.405 e. The van der Waals surface area contributed by atoms with Crippen LogP contribution in [-0.4, -0.2) is 103 Å². The predicted octanol–water partition coefficient (Wildman–Crippen LogP) is 18.7. The van der Waals surface area contributed by atoms with E-state index in [1.54, 1.807) is 0 Å². The van der Waals surface area contributed by atoms with Crippen molar-refractivity contribution < 1.29 is 37.2 Å². The minimum Gasteiger partial charge on any atom is -0.405 e. The van der Waals surface area contributed by atoms with Crippen LogP contribution < -0.4 is 10.9 Å². The first-order valence-electron chi connectivity index (χ1n) is 34.7. The SMILES string of the molecule is Brc1cc(Br)cc(-c2nc(-c3ccc4ccccc4c3)nc(-c3ccc4ccccc4c3)n2)c1.CC1(C)OB(B2OC(C)(C)C(C)(C)O2)OC1(C)C.CC1(C)OB(c2cc(B3OC(C)(C)C(C)(C)O3)cc(-c3nc(-c4ccc5ccccc5c4)nc(-c4ccc5ccccc5c4)n3)c2)OC1(C)C. The fourth-order valence-electron chi connectivity index (χ4n) is 12.6. The van der Waals surface area contributed by atoms with E-state index in [0.717, 1.165) is 85.6 Å². The van der Waals surface area contributed by atoms with Gasteiger partial charge in [0.15, 0.2) is 34.9 Å². The van der Waals surface area contributed by atoms with E-state index in [4.69, 9.17) is 67.1 Å². The summed E-state index contributed by atoms with van der Waals surface area (Å²) in [6.45, 7) is 32.7. The lowest BCUT2D eigenvalue weighted by Crippen LogP contribution is -2.41. The van der Waals surface area contributed by atoms with Crippen molar-refractivity contribution in [1.82, 2.24) is 29.9 Å². The Morgan fingerprint density at radius 3 is 0.696 bits per heavy atom. The van der Waals surface area contributed by atoms with Gasteiger partial charge in [-0.05, 0) is 207 Å². The Morgan fingerprint density at radius 2 is 0.441 bits per heavy atom. The number of nitrogens with zero attached hydrogens (tertiary/aromatic N) is 6. The summed E-state index contributed by atoms with van der Waals surface area (Å²) in [6.07, 6.45) is 0. The summed E-state index contributed by atoms with van der Waals surface area (Å²) >= 11 is 7.18. The van der Waals surface area contributed by atoms with Crippen molar-refractivity contribution in [1.29, 1.82) is 0 Å². The molecule has 0 amide bonds. The van der Waals surface area contributed by atoms with Crippen LogP contribution in [-0.2, 0) is 37.2 Å². The second-order valence-corrected chi connectivity index (χ2v) is 32.7. The molecule has 6 heterocycles. The van der Waals surface area contributed by atoms with Gasteiger partial charge in [0.1, 0.15) is 0 Å². The monoisotopic (exact) mass is 1480 g/mol. The largest absolute Gasteiger partial charge is 0.494 e. The van der Waals surface area contributed by atoms with Gasteiger partial charge in [-0.15, -0.1) is 0 Å². The van der Waals surface area contributed by atoms with E-state index in [-0.39, 0.29) is 22.4 Å². The van der Waals surface area contributed by atoms with Crippen LogP contribution in [0.25, 0.3) is 111 Å². The van der Waals surface area contributed by atoms with Gasteiger partial charge < -0.3 is 37.2 Å². The quantitative estimate of drug-likeness (QED) is 0.126. The van der Waals surface area contributed by atoms with Crippen molar-refractivity contribution in [3.05, 3.63) is 215 Å². The van der Waals surface area contributed by atoms with Gasteiger partial charge in [-0.3, -0.25) is 0 Å². The van der Waals surface area contributed by atoms with Crippen LogP contribution in [0.15, 0.2) is 215 Å². The third-order valence-electron chi connectivity index (χ3n) is 21.5. The Hall–Kier alpha value is -7.84. The van der Waals surface area contributed by atoms with Gasteiger partial charge in [0.2, 0.25) is 0 Å². The van der Waals surface area contributed by atoms with Crippen LogP contribution in [0.3, 0.4) is 0 Å². The van der Waals surface area contributed by atoms with E-state index in [2.05, 4.69) is 227 Å². The molecule has 4 saturated heterocycles. The highest BCUT2D eigenvalue weighted by molar-refractivity contribution is 9.11. The Morgan fingerprint density at radius 1 is 0.225 bits per heavy atom. The summed E-state index contributed by atoms with van der Waals surface area (Å²) in [5.41, 5.74) is 3.59. The molecule has 0 aliphatic carbocycles. The summed E-state index contributed by atoms with van der Waals surface area (Å²) in [6, 6.07) is 70.7. The van der Waals surface area contributed by atoms with Crippen LogP contribution in [0.5, 0.6) is 0 Å². The average molecular weight is 1480 g/mol. The Balaban J connectivity index is 0.000000145. The van der Waals surface area contributed by atoms with Gasteiger partial charge >= 0.3 is 28.3 Å². The fourth-order valence-corrected chi connectivity index (χ4v) is 13.9. The fraction of sp³-hybridized carbons (Fsp3) is 0.293. The zero-order valence-corrected chi connectivity index (χ0v) is 63.8. The predicted molar refractivity (Wildman–Crippen MR) is 421 cm³/mol. The maximum absolute atomic E-state index is 6.55. The van der Waals surface area contributed by atoms with Crippen LogP contribution in [0, 0.1) is 0 Å². The first-order valence-corrected chi connectivity index (χ1v) is 36.3. The zero-order chi connectivity index (χ0) is 72.1. The Labute approximate surface area is 616 Å². The molecule has 2 aromatic heterocycles. The molecule has 10 aromatic carbocycles. The van der Waals surface area contributed by atoms with Crippen molar-refractivity contribution in [3.8, 4) is 68.3 Å². The molecule has 20 heteroatoms. The molecule has 514 valence electrons. The third kappa shape index (κ3) is 14.2. The van der Waals surface area contributed by atoms with Gasteiger partial charge in [0, 0.05) is 42.3 Å². The number of aromatic nitrogens is 6. The third-order valence-corrected chi connectivity index (χ3v) is 22.4. The topological polar surface area (TPSA) is 151 Å². The highest BCUT2D eigenvalue weighted by atomic mass is 79.9. The van der Waals surface area contributed by atoms with Crippen molar-refractivity contribution in [2.45, 2.75) is 156 Å². The van der Waals surface area contributed by atoms with Crippen molar-refractivity contribution in [2.24, 2.45) is 0 Å². The molecule has 102 heavy (non-hydrogen) atoms. The van der Waals surface area contributed by atoms with Crippen molar-refractivity contribution >= 4 is 114 Å². The summed E-state index contributed by atoms with van der Waals surface area (Å²) in [4.78, 5) is 30.0. The normalized spacial score (nSPS) is 18.7. The molecule has 0 bridgehead atoms. The Kier molecular flexibility index (Phi) is 18.6. The van der Waals surface area contributed by atoms with Crippen LogP contribution in [0.2, 0.25) is 0 Å². The van der Waals surface area contributed by atoms with Gasteiger partial charge in [0.05, 0.1) is 44.8 Å². The first-order chi connectivity index (χ1) is 48.2. The Bertz CT molecular complexity index is 4860. The molecule has 0 saturated carbocycles. The summed E-state index contributed by atoms with van der Waals surface area (Å²) in [7, 11) is -2.17. The zero-order valence-electron chi connectivity index (χ0n) is 60.6. The molecule has 14 nitrogen and oxygen atoms in total. The summed E-state index contributed by atoms with van der Waals surface area (Å²) < 4.78 is 52.0. The molecular weight excluding hydrogens is 1400 g/mol. The lowest BCUT2D eigenvalue weighted by molar-refractivity contribution is 0.00578. The van der Waals surface area contributed by atoms with Crippen LogP contribution >= 0.6 is 31.9 Å². The number of hydrogen-bond donors (Lipinski definition) is 0. The van der Waals surface area contributed by atoms with Gasteiger partial charge in [-0.1, -0.05) is 196 Å². The number of benzene rings is 10. The summed E-state index contributed by atoms with van der Waals surface area (Å²) in [5, 5.41) is 9.22. The minimum absolute atomic E-state index is 0.360. The highest BCUT2D eigenvalue weighted by Crippen LogP contribution is 2.44. The van der Waals surface area contributed by atoms with Gasteiger partial charge in [-0.2, -0.15) is 0 Å². The van der Waals surface area contributed by atoms with Crippen molar-refractivity contribution in [2.75, 3.05) is 0 Å². The maximum atomic E-state index is 6.55. The van der Waals surface area contributed by atoms with E-state index in [0.29, 0.717) is 34.9 Å².